The molecule has 100 valence electrons. The summed E-state index contributed by atoms with van der Waals surface area (Å²) >= 11 is 3.19. The maximum absolute atomic E-state index is 11.1. The molecule has 5 nitrogen and oxygen atoms in total. The topological polar surface area (TPSA) is 72.6 Å². The van der Waals surface area contributed by atoms with Crippen LogP contribution in [0.3, 0.4) is 0 Å². The van der Waals surface area contributed by atoms with E-state index in [-0.39, 0.29) is 17.2 Å². The van der Waals surface area contributed by atoms with Gasteiger partial charge in [0.15, 0.2) is 0 Å². The predicted molar refractivity (Wildman–Crippen MR) is 77.3 cm³/mol. The van der Waals surface area contributed by atoms with Gasteiger partial charge in [0.1, 0.15) is 11.5 Å². The summed E-state index contributed by atoms with van der Waals surface area (Å²) in [6.45, 7) is 0. The Hall–Kier alpha value is -2.34. The number of nitro groups is 1. The molecule has 0 bridgehead atoms. The Bertz CT molecular complexity index is 730. The summed E-state index contributed by atoms with van der Waals surface area (Å²) in [5.41, 5.74) is 0.846. The van der Waals surface area contributed by atoms with Crippen LogP contribution in [-0.2, 0) is 0 Å². The highest BCUT2D eigenvalue weighted by atomic mass is 79.9. The molecular weight excluding hydrogens is 326 g/mol. The van der Waals surface area contributed by atoms with Gasteiger partial charge < -0.3 is 9.84 Å². The average molecular weight is 334 g/mol. The van der Waals surface area contributed by atoms with Crippen molar-refractivity contribution in [1.82, 2.24) is 0 Å². The second-order valence-electron chi connectivity index (χ2n) is 4.23. The minimum atomic E-state index is -0.537. The Morgan fingerprint density at radius 3 is 2.60 bits per heavy atom. The minimum Gasteiger partial charge on any atom is -0.507 e. The third kappa shape index (κ3) is 2.04. The predicted octanol–water partition coefficient (Wildman–Crippen LogP) is 4.03. The molecule has 0 saturated carbocycles. The molecule has 0 fully saturated rings. The third-order valence-electron chi connectivity index (χ3n) is 2.93. The Morgan fingerprint density at radius 2 is 1.95 bits per heavy atom. The molecule has 0 saturated heterocycles. The molecule has 1 heterocycles. The summed E-state index contributed by atoms with van der Waals surface area (Å²) < 4.78 is 6.11. The first kappa shape index (κ1) is 12.7. The Morgan fingerprint density at radius 1 is 1.25 bits per heavy atom. The molecule has 0 spiro atoms. The van der Waals surface area contributed by atoms with Gasteiger partial charge >= 0.3 is 5.69 Å². The number of hydrogen-bond donors (Lipinski definition) is 1. The van der Waals surface area contributed by atoms with Gasteiger partial charge in [-0.05, 0) is 6.07 Å². The molecule has 0 atom stereocenters. The van der Waals surface area contributed by atoms with Crippen molar-refractivity contribution in [2.24, 2.45) is 0 Å². The number of aliphatic hydroxyl groups is 1. The number of rotatable bonds is 1. The van der Waals surface area contributed by atoms with E-state index in [4.69, 9.17) is 4.74 Å². The molecule has 2 aliphatic rings. The third-order valence-corrected chi connectivity index (χ3v) is 3.39. The van der Waals surface area contributed by atoms with E-state index in [1.165, 1.54) is 12.1 Å². The van der Waals surface area contributed by atoms with Gasteiger partial charge in [-0.25, -0.2) is 0 Å². The largest absolute Gasteiger partial charge is 0.507 e. The monoisotopic (exact) mass is 333 g/mol. The lowest BCUT2D eigenvalue weighted by Crippen LogP contribution is -2.07. The van der Waals surface area contributed by atoms with E-state index in [2.05, 4.69) is 15.9 Å². The van der Waals surface area contributed by atoms with Crippen LogP contribution < -0.4 is 4.74 Å². The lowest BCUT2D eigenvalue weighted by atomic mass is 10.1. The fraction of sp³-hybridized carbons (Fsp3) is 0. The lowest BCUT2D eigenvalue weighted by molar-refractivity contribution is -0.385. The highest BCUT2D eigenvalue weighted by Crippen LogP contribution is 2.42. The Kier molecular flexibility index (Phi) is 2.94. The number of ether oxygens (including phenoxy) is 1. The van der Waals surface area contributed by atoms with Crippen LogP contribution in [0.15, 0.2) is 58.3 Å². The fourth-order valence-corrected chi connectivity index (χ4v) is 2.48. The number of fused-ring (bicyclic) bond motifs is 1. The molecule has 20 heavy (non-hydrogen) atoms. The highest BCUT2D eigenvalue weighted by molar-refractivity contribution is 9.10. The molecule has 1 N–H and O–H groups in total. The zero-order valence-electron chi connectivity index (χ0n) is 10.0. The number of benzene rings is 1. The first-order valence-corrected chi connectivity index (χ1v) is 6.51. The van der Waals surface area contributed by atoms with Crippen LogP contribution in [0, 0.1) is 10.1 Å². The SMILES string of the molecule is O=[N+]([O-])c1cc(Br)cc2c1OC(=C1C=CC=C1)C=C2O. The van der Waals surface area contributed by atoms with E-state index in [9.17, 15) is 15.2 Å². The maximum atomic E-state index is 11.1. The van der Waals surface area contributed by atoms with E-state index in [0.29, 0.717) is 15.8 Å². The lowest BCUT2D eigenvalue weighted by Gasteiger charge is -2.18. The Labute approximate surface area is 122 Å². The Balaban J connectivity index is 2.22. The number of aliphatic hydroxyl groups excluding tert-OH is 1. The number of nitro benzene ring substituents is 1. The normalized spacial score (nSPS) is 15.9. The van der Waals surface area contributed by atoms with Crippen molar-refractivity contribution in [3.05, 3.63) is 74.0 Å². The van der Waals surface area contributed by atoms with Gasteiger partial charge in [0, 0.05) is 22.2 Å². The van der Waals surface area contributed by atoms with Gasteiger partial charge in [-0.1, -0.05) is 40.2 Å². The van der Waals surface area contributed by atoms with Gasteiger partial charge in [0.05, 0.1) is 10.5 Å². The quantitative estimate of drug-likeness (QED) is 0.622. The molecule has 6 heteroatoms. The number of nitrogens with zero attached hydrogens (tertiary/aromatic N) is 1. The molecule has 0 amide bonds. The number of hydrogen-bond acceptors (Lipinski definition) is 4. The second-order valence-corrected chi connectivity index (χ2v) is 5.14. The minimum absolute atomic E-state index is 0.0504. The molecule has 0 unspecified atom stereocenters. The molecule has 1 aromatic carbocycles. The summed E-state index contributed by atoms with van der Waals surface area (Å²) in [7, 11) is 0. The molecule has 3 rings (SSSR count). The van der Waals surface area contributed by atoms with E-state index < -0.39 is 4.92 Å². The van der Waals surface area contributed by atoms with E-state index in [1.807, 2.05) is 12.2 Å². The summed E-state index contributed by atoms with van der Waals surface area (Å²) in [4.78, 5) is 10.6. The van der Waals surface area contributed by atoms with Crippen LogP contribution in [-0.4, -0.2) is 10.0 Å². The summed E-state index contributed by atoms with van der Waals surface area (Å²) in [6.07, 6.45) is 8.70. The standard InChI is InChI=1S/C14H8BrNO4/c15-9-5-10-12(17)7-13(8-3-1-2-4-8)20-14(10)11(6-9)16(18)19/h1-7,17H. The summed E-state index contributed by atoms with van der Waals surface area (Å²) in [5.74, 6) is 0.367. The van der Waals surface area contributed by atoms with Crippen molar-refractivity contribution >= 4 is 27.4 Å². The first-order chi connectivity index (χ1) is 9.56. The van der Waals surface area contributed by atoms with Crippen molar-refractivity contribution in [1.29, 1.82) is 0 Å². The van der Waals surface area contributed by atoms with Gasteiger partial charge in [-0.2, -0.15) is 0 Å². The van der Waals surface area contributed by atoms with Crippen LogP contribution in [0.25, 0.3) is 5.76 Å². The van der Waals surface area contributed by atoms with Crippen molar-refractivity contribution in [2.45, 2.75) is 0 Å². The van der Waals surface area contributed by atoms with Crippen LogP contribution in [0.5, 0.6) is 5.75 Å². The zero-order chi connectivity index (χ0) is 14.3. The van der Waals surface area contributed by atoms with Crippen LogP contribution in [0.4, 0.5) is 5.69 Å². The highest BCUT2D eigenvalue weighted by Gasteiger charge is 2.28. The first-order valence-electron chi connectivity index (χ1n) is 5.72. The van der Waals surface area contributed by atoms with Gasteiger partial charge in [0.25, 0.3) is 0 Å². The molecular formula is C14H8BrNO4. The fourth-order valence-electron chi connectivity index (χ4n) is 2.03. The second kappa shape index (κ2) is 4.64. The molecule has 0 aromatic heterocycles. The average Bonchev–Trinajstić information content (AvgIpc) is 2.92. The molecule has 1 aromatic rings. The van der Waals surface area contributed by atoms with Crippen molar-refractivity contribution in [2.75, 3.05) is 0 Å². The maximum Gasteiger partial charge on any atom is 0.313 e. The van der Waals surface area contributed by atoms with Gasteiger partial charge in [-0.3, -0.25) is 10.1 Å². The van der Waals surface area contributed by atoms with E-state index >= 15 is 0 Å². The van der Waals surface area contributed by atoms with E-state index in [1.54, 1.807) is 18.2 Å². The number of halogens is 1. The molecule has 1 aliphatic heterocycles. The van der Waals surface area contributed by atoms with Crippen molar-refractivity contribution < 1.29 is 14.8 Å². The summed E-state index contributed by atoms with van der Waals surface area (Å²) in [6, 6.07) is 2.93. The van der Waals surface area contributed by atoms with Crippen LogP contribution >= 0.6 is 15.9 Å². The number of allylic oxidation sites excluding steroid dienone is 6. The summed E-state index contributed by atoms with van der Waals surface area (Å²) in [5, 5.41) is 21.2. The zero-order valence-corrected chi connectivity index (χ0v) is 11.6. The van der Waals surface area contributed by atoms with Crippen molar-refractivity contribution in [3.63, 3.8) is 0 Å². The van der Waals surface area contributed by atoms with Gasteiger partial charge in [0.2, 0.25) is 5.75 Å². The van der Waals surface area contributed by atoms with Crippen LogP contribution in [0.2, 0.25) is 0 Å². The molecule has 0 radical (unpaired) electrons. The smallest absolute Gasteiger partial charge is 0.313 e. The van der Waals surface area contributed by atoms with Gasteiger partial charge in [-0.15, -0.1) is 0 Å². The van der Waals surface area contributed by atoms with Crippen LogP contribution in [0.1, 0.15) is 5.56 Å². The van der Waals surface area contributed by atoms with E-state index in [0.717, 1.165) is 5.57 Å². The molecule has 1 aliphatic carbocycles. The van der Waals surface area contributed by atoms with Crippen molar-refractivity contribution in [3.8, 4) is 5.75 Å².